The van der Waals surface area contributed by atoms with Crippen LogP contribution in [0, 0.1) is 5.92 Å². The molecular weight excluding hydrogens is 288 g/mol. The Morgan fingerprint density at radius 3 is 2.70 bits per heavy atom. The van der Waals surface area contributed by atoms with Crippen molar-refractivity contribution in [2.24, 2.45) is 11.7 Å². The summed E-state index contributed by atoms with van der Waals surface area (Å²) in [4.78, 5) is 4.38. The van der Waals surface area contributed by atoms with E-state index >= 15 is 0 Å². The smallest absolute Gasteiger partial charge is 0.0995 e. The molecular formula is C19H32N2O2. The maximum atomic E-state index is 10.4. The molecule has 3 N–H and O–H groups in total. The first-order chi connectivity index (χ1) is 11.2. The summed E-state index contributed by atoms with van der Waals surface area (Å²) in [6, 6.07) is 5.74. The number of ether oxygens (including phenoxy) is 1. The van der Waals surface area contributed by atoms with Gasteiger partial charge in [0, 0.05) is 18.8 Å². The molecule has 3 unspecified atom stereocenters. The molecule has 0 aliphatic heterocycles. The van der Waals surface area contributed by atoms with Crippen LogP contribution in [0.2, 0.25) is 0 Å². The zero-order chi connectivity index (χ0) is 16.5. The third-order valence-corrected chi connectivity index (χ3v) is 4.93. The van der Waals surface area contributed by atoms with Crippen molar-refractivity contribution >= 4 is 0 Å². The molecule has 1 aromatic rings. The second-order valence-corrected chi connectivity index (χ2v) is 6.75. The standard InChI is InChI=1S/C19H32N2O2/c1-2-23-19(17-10-6-7-13-21-17)12-11-18(22)16(20)14-15-8-4-3-5-9-15/h6-7,10,13,15-16,18-19,22H,2-5,8-9,11-12,14,20H2,1H3. The first-order valence-electron chi connectivity index (χ1n) is 9.16. The van der Waals surface area contributed by atoms with Crippen molar-refractivity contribution in [2.75, 3.05) is 6.61 Å². The molecule has 1 saturated carbocycles. The van der Waals surface area contributed by atoms with Crippen LogP contribution in [0.4, 0.5) is 0 Å². The first kappa shape index (κ1) is 18.4. The van der Waals surface area contributed by atoms with E-state index < -0.39 is 6.10 Å². The van der Waals surface area contributed by atoms with Gasteiger partial charge in [-0.15, -0.1) is 0 Å². The van der Waals surface area contributed by atoms with E-state index in [-0.39, 0.29) is 12.1 Å². The van der Waals surface area contributed by atoms with Crippen LogP contribution >= 0.6 is 0 Å². The predicted octanol–water partition coefficient (Wildman–Crippen LogP) is 3.60. The summed E-state index contributed by atoms with van der Waals surface area (Å²) in [5, 5.41) is 10.4. The van der Waals surface area contributed by atoms with Gasteiger partial charge in [-0.2, -0.15) is 0 Å². The van der Waals surface area contributed by atoms with Gasteiger partial charge in [0.05, 0.1) is 17.9 Å². The Morgan fingerprint density at radius 1 is 1.26 bits per heavy atom. The van der Waals surface area contributed by atoms with Crippen LogP contribution in [0.1, 0.15) is 70.1 Å². The molecule has 4 nitrogen and oxygen atoms in total. The lowest BCUT2D eigenvalue weighted by Crippen LogP contribution is -2.37. The Hall–Kier alpha value is -0.970. The second kappa shape index (κ2) is 10.0. The molecule has 0 spiro atoms. The van der Waals surface area contributed by atoms with Crippen molar-refractivity contribution < 1.29 is 9.84 Å². The van der Waals surface area contributed by atoms with E-state index in [0.29, 0.717) is 18.9 Å². The van der Waals surface area contributed by atoms with E-state index in [4.69, 9.17) is 10.5 Å². The topological polar surface area (TPSA) is 68.4 Å². The third kappa shape index (κ3) is 6.21. The zero-order valence-electron chi connectivity index (χ0n) is 14.4. The number of aliphatic hydroxyl groups is 1. The maximum absolute atomic E-state index is 10.4. The molecule has 1 aliphatic carbocycles. The van der Waals surface area contributed by atoms with Gasteiger partial charge in [0.2, 0.25) is 0 Å². The summed E-state index contributed by atoms with van der Waals surface area (Å²) in [7, 11) is 0. The van der Waals surface area contributed by atoms with Gasteiger partial charge in [-0.3, -0.25) is 4.98 Å². The molecule has 0 aromatic carbocycles. The first-order valence-corrected chi connectivity index (χ1v) is 9.16. The van der Waals surface area contributed by atoms with Gasteiger partial charge in [-0.05, 0) is 44.2 Å². The van der Waals surface area contributed by atoms with Gasteiger partial charge >= 0.3 is 0 Å². The minimum Gasteiger partial charge on any atom is -0.392 e. The molecule has 23 heavy (non-hydrogen) atoms. The summed E-state index contributed by atoms with van der Waals surface area (Å²) >= 11 is 0. The monoisotopic (exact) mass is 320 g/mol. The van der Waals surface area contributed by atoms with E-state index in [1.54, 1.807) is 6.20 Å². The molecule has 2 rings (SSSR count). The highest BCUT2D eigenvalue weighted by Gasteiger charge is 2.23. The fraction of sp³-hybridized carbons (Fsp3) is 0.737. The summed E-state index contributed by atoms with van der Waals surface area (Å²) < 4.78 is 5.79. The van der Waals surface area contributed by atoms with Crippen molar-refractivity contribution in [3.63, 3.8) is 0 Å². The summed E-state index contributed by atoms with van der Waals surface area (Å²) in [6.07, 6.45) is 10.2. The molecule has 4 heteroatoms. The molecule has 0 amide bonds. The van der Waals surface area contributed by atoms with Crippen molar-refractivity contribution in [3.8, 4) is 0 Å². The van der Waals surface area contributed by atoms with Crippen molar-refractivity contribution in [1.29, 1.82) is 0 Å². The van der Waals surface area contributed by atoms with Gasteiger partial charge in [0.25, 0.3) is 0 Å². The Kier molecular flexibility index (Phi) is 8.00. The lowest BCUT2D eigenvalue weighted by Gasteiger charge is -2.27. The average Bonchev–Trinajstić information content (AvgIpc) is 2.60. The average molecular weight is 320 g/mol. The van der Waals surface area contributed by atoms with E-state index in [1.165, 1.54) is 32.1 Å². The number of aromatic nitrogens is 1. The number of hydrogen-bond acceptors (Lipinski definition) is 4. The largest absolute Gasteiger partial charge is 0.392 e. The molecule has 1 heterocycles. The number of rotatable bonds is 9. The van der Waals surface area contributed by atoms with E-state index in [1.807, 2.05) is 25.1 Å². The normalized spacial score (nSPS) is 20.1. The van der Waals surface area contributed by atoms with Crippen molar-refractivity contribution in [1.82, 2.24) is 4.98 Å². The maximum Gasteiger partial charge on any atom is 0.0995 e. The minimum absolute atomic E-state index is 0.0577. The Labute approximate surface area is 140 Å². The third-order valence-electron chi connectivity index (χ3n) is 4.93. The van der Waals surface area contributed by atoms with Gasteiger partial charge < -0.3 is 15.6 Å². The van der Waals surface area contributed by atoms with Crippen LogP contribution in [0.5, 0.6) is 0 Å². The van der Waals surface area contributed by atoms with Gasteiger partial charge in [-0.1, -0.05) is 38.2 Å². The van der Waals surface area contributed by atoms with Crippen LogP contribution in [-0.2, 0) is 4.74 Å². The number of aliphatic hydroxyl groups excluding tert-OH is 1. The fourth-order valence-electron chi connectivity index (χ4n) is 3.59. The van der Waals surface area contributed by atoms with Gasteiger partial charge in [0.15, 0.2) is 0 Å². The Morgan fingerprint density at radius 2 is 2.04 bits per heavy atom. The molecule has 130 valence electrons. The molecule has 0 bridgehead atoms. The predicted molar refractivity (Wildman–Crippen MR) is 93.0 cm³/mol. The molecule has 0 radical (unpaired) electrons. The van der Waals surface area contributed by atoms with Crippen LogP contribution in [0.15, 0.2) is 24.4 Å². The van der Waals surface area contributed by atoms with Gasteiger partial charge in [0.1, 0.15) is 0 Å². The minimum atomic E-state index is -0.455. The summed E-state index contributed by atoms with van der Waals surface area (Å²) in [6.45, 7) is 2.63. The number of nitrogens with two attached hydrogens (primary N) is 1. The highest BCUT2D eigenvalue weighted by Crippen LogP contribution is 2.28. The van der Waals surface area contributed by atoms with Crippen molar-refractivity contribution in [2.45, 2.75) is 76.5 Å². The van der Waals surface area contributed by atoms with Gasteiger partial charge in [-0.25, -0.2) is 0 Å². The molecule has 0 saturated heterocycles. The quantitative estimate of drug-likeness (QED) is 0.729. The number of nitrogens with zero attached hydrogens (tertiary/aromatic N) is 1. The number of hydrogen-bond donors (Lipinski definition) is 2. The second-order valence-electron chi connectivity index (χ2n) is 6.75. The SMILES string of the molecule is CCOC(CCC(O)C(N)CC1CCCCC1)c1ccccn1. The Balaban J connectivity index is 1.79. The van der Waals surface area contributed by atoms with Crippen molar-refractivity contribution in [3.05, 3.63) is 30.1 Å². The van der Waals surface area contributed by atoms with Crippen LogP contribution < -0.4 is 5.73 Å². The van der Waals surface area contributed by atoms with Crippen LogP contribution in [-0.4, -0.2) is 28.8 Å². The number of pyridine rings is 1. The van der Waals surface area contributed by atoms with Crippen LogP contribution in [0.3, 0.4) is 0 Å². The molecule has 1 aliphatic rings. The lowest BCUT2D eigenvalue weighted by atomic mass is 9.83. The lowest BCUT2D eigenvalue weighted by molar-refractivity contribution is 0.0337. The summed E-state index contributed by atoms with van der Waals surface area (Å²) in [5.74, 6) is 0.701. The van der Waals surface area contributed by atoms with Crippen LogP contribution in [0.25, 0.3) is 0 Å². The molecule has 1 fully saturated rings. The van der Waals surface area contributed by atoms with E-state index in [0.717, 1.165) is 18.5 Å². The Bertz CT molecular complexity index is 421. The summed E-state index contributed by atoms with van der Waals surface area (Å²) in [5.41, 5.74) is 7.17. The zero-order valence-corrected chi connectivity index (χ0v) is 14.4. The highest BCUT2D eigenvalue weighted by molar-refractivity contribution is 5.07. The molecule has 3 atom stereocenters. The highest BCUT2D eigenvalue weighted by atomic mass is 16.5. The van der Waals surface area contributed by atoms with E-state index in [9.17, 15) is 5.11 Å². The fourth-order valence-corrected chi connectivity index (χ4v) is 3.59. The van der Waals surface area contributed by atoms with E-state index in [2.05, 4.69) is 4.98 Å². The molecule has 1 aromatic heterocycles.